The Morgan fingerprint density at radius 3 is 3.04 bits per heavy atom. The number of nitrogens with zero attached hydrogens (tertiary/aromatic N) is 2. The van der Waals surface area contributed by atoms with E-state index < -0.39 is 0 Å². The number of piperidine rings is 1. The molecule has 1 aromatic heterocycles. The van der Waals surface area contributed by atoms with Gasteiger partial charge in [0.25, 0.3) is 0 Å². The van der Waals surface area contributed by atoms with Gasteiger partial charge < -0.3 is 10.6 Å². The molecule has 1 amide bonds. The zero-order valence-corrected chi connectivity index (χ0v) is 16.2. The van der Waals surface area contributed by atoms with Crippen LogP contribution in [0.25, 0.3) is 10.9 Å². The number of aromatic nitrogens is 1. The molecule has 5 heteroatoms. The highest BCUT2D eigenvalue weighted by Crippen LogP contribution is 2.23. The van der Waals surface area contributed by atoms with Crippen LogP contribution < -0.4 is 10.6 Å². The second kappa shape index (κ2) is 8.36. The van der Waals surface area contributed by atoms with E-state index in [1.54, 1.807) is 0 Å². The molecule has 2 saturated heterocycles. The predicted molar refractivity (Wildman–Crippen MR) is 109 cm³/mol. The fraction of sp³-hybridized carbons (Fsp3) is 0.545. The molecule has 4 rings (SSSR count). The zero-order chi connectivity index (χ0) is 18.6. The van der Waals surface area contributed by atoms with Crippen LogP contribution in [-0.4, -0.2) is 48.0 Å². The number of carbonyl (C=O) groups is 1. The molecule has 0 spiro atoms. The summed E-state index contributed by atoms with van der Waals surface area (Å²) >= 11 is 0. The van der Waals surface area contributed by atoms with Crippen molar-refractivity contribution >= 4 is 16.8 Å². The van der Waals surface area contributed by atoms with Gasteiger partial charge in [0.1, 0.15) is 0 Å². The second-order valence-corrected chi connectivity index (χ2v) is 8.08. The number of rotatable bonds is 5. The normalized spacial score (nSPS) is 23.6. The van der Waals surface area contributed by atoms with Crippen LogP contribution in [0.3, 0.4) is 0 Å². The minimum atomic E-state index is 0.0239. The van der Waals surface area contributed by atoms with Crippen LogP contribution in [0, 0.1) is 12.8 Å². The number of hydrogen-bond donors (Lipinski definition) is 2. The van der Waals surface area contributed by atoms with E-state index in [9.17, 15) is 4.79 Å². The first-order chi connectivity index (χ1) is 13.2. The van der Waals surface area contributed by atoms with Gasteiger partial charge in [0, 0.05) is 30.7 Å². The molecule has 2 fully saturated rings. The summed E-state index contributed by atoms with van der Waals surface area (Å²) in [5.41, 5.74) is 3.52. The number of nitrogens with one attached hydrogen (secondary N) is 2. The van der Waals surface area contributed by atoms with Gasteiger partial charge in [-0.1, -0.05) is 18.2 Å². The standard InChI is InChI=1S/C22H30N4O/c1-16-12-18(19-7-2-3-8-20(19)25-16)15-26-11-5-6-17(14-26)13-24-22(27)21-9-4-10-23-21/h2-3,7-8,12,17,21,23H,4-6,9-11,13-15H2,1H3,(H,24,27). The fourth-order valence-corrected chi connectivity index (χ4v) is 4.50. The van der Waals surface area contributed by atoms with E-state index in [0.717, 1.165) is 56.8 Å². The average molecular weight is 367 g/mol. The van der Waals surface area contributed by atoms with Gasteiger partial charge >= 0.3 is 0 Å². The minimum Gasteiger partial charge on any atom is -0.354 e. The lowest BCUT2D eigenvalue weighted by atomic mass is 9.96. The van der Waals surface area contributed by atoms with Crippen LogP contribution in [0.2, 0.25) is 0 Å². The Kier molecular flexibility index (Phi) is 5.69. The number of fused-ring (bicyclic) bond motifs is 1. The largest absolute Gasteiger partial charge is 0.354 e. The first-order valence-corrected chi connectivity index (χ1v) is 10.3. The predicted octanol–water partition coefficient (Wildman–Crippen LogP) is 2.62. The van der Waals surface area contributed by atoms with Crippen LogP contribution in [0.5, 0.6) is 0 Å². The number of carbonyl (C=O) groups excluding carboxylic acids is 1. The van der Waals surface area contributed by atoms with Crippen LogP contribution in [0.4, 0.5) is 0 Å². The lowest BCUT2D eigenvalue weighted by Crippen LogP contribution is -2.45. The van der Waals surface area contributed by atoms with E-state index in [1.807, 2.05) is 0 Å². The highest BCUT2D eigenvalue weighted by molar-refractivity contribution is 5.82. The summed E-state index contributed by atoms with van der Waals surface area (Å²) in [5, 5.41) is 7.71. The summed E-state index contributed by atoms with van der Waals surface area (Å²) in [4.78, 5) is 19.4. The topological polar surface area (TPSA) is 57.3 Å². The Morgan fingerprint density at radius 2 is 2.19 bits per heavy atom. The molecule has 0 saturated carbocycles. The van der Waals surface area contributed by atoms with Gasteiger partial charge in [-0.05, 0) is 69.3 Å². The third-order valence-corrected chi connectivity index (χ3v) is 5.87. The third kappa shape index (κ3) is 4.47. The molecule has 2 N–H and O–H groups in total. The van der Waals surface area contributed by atoms with Crippen molar-refractivity contribution in [1.29, 1.82) is 0 Å². The molecule has 2 aliphatic heterocycles. The Morgan fingerprint density at radius 1 is 1.30 bits per heavy atom. The molecule has 0 aliphatic carbocycles. The van der Waals surface area contributed by atoms with Crippen LogP contribution in [0.15, 0.2) is 30.3 Å². The maximum absolute atomic E-state index is 12.3. The van der Waals surface area contributed by atoms with E-state index in [1.165, 1.54) is 23.8 Å². The Hall–Kier alpha value is -1.98. The van der Waals surface area contributed by atoms with Gasteiger partial charge in [-0.2, -0.15) is 0 Å². The van der Waals surface area contributed by atoms with Crippen LogP contribution >= 0.6 is 0 Å². The molecule has 144 valence electrons. The van der Waals surface area contributed by atoms with Crippen LogP contribution in [0.1, 0.15) is 36.9 Å². The smallest absolute Gasteiger partial charge is 0.237 e. The lowest BCUT2D eigenvalue weighted by molar-refractivity contribution is -0.123. The molecule has 27 heavy (non-hydrogen) atoms. The lowest BCUT2D eigenvalue weighted by Gasteiger charge is -2.33. The van der Waals surface area contributed by atoms with Crippen molar-refractivity contribution in [2.45, 2.75) is 45.2 Å². The van der Waals surface area contributed by atoms with E-state index >= 15 is 0 Å². The maximum atomic E-state index is 12.3. The first kappa shape index (κ1) is 18.4. The number of likely N-dealkylation sites (tertiary alicyclic amines) is 1. The van der Waals surface area contributed by atoms with Crippen molar-refractivity contribution in [1.82, 2.24) is 20.5 Å². The van der Waals surface area contributed by atoms with Crippen molar-refractivity contribution in [2.24, 2.45) is 5.92 Å². The second-order valence-electron chi connectivity index (χ2n) is 8.08. The molecule has 0 bridgehead atoms. The molecule has 2 atom stereocenters. The van der Waals surface area contributed by atoms with Gasteiger partial charge in [-0.15, -0.1) is 0 Å². The van der Waals surface area contributed by atoms with Crippen molar-refractivity contribution in [3.8, 4) is 0 Å². The molecule has 1 aromatic carbocycles. The minimum absolute atomic E-state index is 0.0239. The maximum Gasteiger partial charge on any atom is 0.237 e. The Balaban J connectivity index is 1.37. The highest BCUT2D eigenvalue weighted by Gasteiger charge is 2.25. The number of para-hydroxylation sites is 1. The molecule has 0 radical (unpaired) electrons. The summed E-state index contributed by atoms with van der Waals surface area (Å²) in [6, 6.07) is 10.7. The van der Waals surface area contributed by atoms with Crippen LogP contribution in [-0.2, 0) is 11.3 Å². The highest BCUT2D eigenvalue weighted by atomic mass is 16.2. The summed E-state index contributed by atoms with van der Waals surface area (Å²) in [7, 11) is 0. The summed E-state index contributed by atoms with van der Waals surface area (Å²) < 4.78 is 0. The molecule has 3 heterocycles. The van der Waals surface area contributed by atoms with E-state index in [0.29, 0.717) is 5.92 Å². The molecular weight excluding hydrogens is 336 g/mol. The van der Waals surface area contributed by atoms with Crippen molar-refractivity contribution in [3.05, 3.63) is 41.6 Å². The van der Waals surface area contributed by atoms with Gasteiger partial charge in [0.05, 0.1) is 11.6 Å². The van der Waals surface area contributed by atoms with Crippen molar-refractivity contribution < 1.29 is 4.79 Å². The molecule has 5 nitrogen and oxygen atoms in total. The van der Waals surface area contributed by atoms with Crippen molar-refractivity contribution in [3.63, 3.8) is 0 Å². The third-order valence-electron chi connectivity index (χ3n) is 5.87. The molecule has 2 aliphatic rings. The monoisotopic (exact) mass is 366 g/mol. The SMILES string of the molecule is Cc1cc(CN2CCCC(CNC(=O)C3CCCN3)C2)c2ccccc2n1. The van der Waals surface area contributed by atoms with Gasteiger partial charge in [-0.3, -0.25) is 14.7 Å². The molecular formula is C22H30N4O. The van der Waals surface area contributed by atoms with E-state index in [-0.39, 0.29) is 11.9 Å². The Labute approximate surface area is 161 Å². The Bertz CT molecular complexity index is 800. The van der Waals surface area contributed by atoms with Gasteiger partial charge in [0.15, 0.2) is 0 Å². The quantitative estimate of drug-likeness (QED) is 0.854. The number of hydrogen-bond acceptors (Lipinski definition) is 4. The number of benzene rings is 1. The van der Waals surface area contributed by atoms with E-state index in [2.05, 4.69) is 57.8 Å². The zero-order valence-electron chi connectivity index (χ0n) is 16.2. The van der Waals surface area contributed by atoms with E-state index in [4.69, 9.17) is 0 Å². The van der Waals surface area contributed by atoms with Gasteiger partial charge in [-0.25, -0.2) is 0 Å². The number of aryl methyl sites for hydroxylation is 1. The summed E-state index contributed by atoms with van der Waals surface area (Å²) in [6.07, 6.45) is 4.47. The molecule has 2 aromatic rings. The summed E-state index contributed by atoms with van der Waals surface area (Å²) in [6.45, 7) is 6.97. The van der Waals surface area contributed by atoms with Crippen molar-refractivity contribution in [2.75, 3.05) is 26.2 Å². The molecule has 2 unspecified atom stereocenters. The number of pyridine rings is 1. The summed E-state index contributed by atoms with van der Waals surface area (Å²) in [5.74, 6) is 0.721. The number of amides is 1. The fourth-order valence-electron chi connectivity index (χ4n) is 4.50. The first-order valence-electron chi connectivity index (χ1n) is 10.3. The average Bonchev–Trinajstić information content (AvgIpc) is 3.21. The van der Waals surface area contributed by atoms with Gasteiger partial charge in [0.2, 0.25) is 5.91 Å².